The van der Waals surface area contributed by atoms with E-state index in [1.54, 1.807) is 0 Å². The quantitative estimate of drug-likeness (QED) is 0.0341. The zero-order valence-electron chi connectivity index (χ0n) is 34.0. The number of amides is 6. The van der Waals surface area contributed by atoms with Crippen molar-refractivity contribution >= 4 is 47.7 Å². The van der Waals surface area contributed by atoms with Gasteiger partial charge in [0.25, 0.3) is 0 Å². The molecule has 0 aliphatic carbocycles. The number of carbonyl (C=O) groups is 7. The Bertz CT molecular complexity index is 1460. The predicted molar refractivity (Wildman–Crippen MR) is 212 cm³/mol. The summed E-state index contributed by atoms with van der Waals surface area (Å²) in [4.78, 5) is 95.3. The first kappa shape index (κ1) is 48.0. The number of hydrogen-bond acceptors (Lipinski definition) is 8. The molecule has 0 unspecified atom stereocenters. The molecule has 55 heavy (non-hydrogen) atoms. The van der Waals surface area contributed by atoms with Crippen LogP contribution in [0.5, 0.6) is 0 Å². The molecule has 6 atom stereocenters. The van der Waals surface area contributed by atoms with Gasteiger partial charge in [0.05, 0.1) is 6.04 Å². The van der Waals surface area contributed by atoms with Gasteiger partial charge in [-0.3, -0.25) is 33.8 Å². The number of nitrogens with two attached hydrogens (primary N) is 2. The van der Waals surface area contributed by atoms with Crippen LogP contribution in [0.15, 0.2) is 35.3 Å². The largest absolute Gasteiger partial charge is 0.370 e. The van der Waals surface area contributed by atoms with Crippen LogP contribution >= 0.6 is 0 Å². The highest BCUT2D eigenvalue weighted by Crippen LogP contribution is 2.22. The number of rotatable bonds is 23. The van der Waals surface area contributed by atoms with Gasteiger partial charge >= 0.3 is 0 Å². The molecule has 1 aromatic carbocycles. The molecular weight excluding hydrogens is 706 g/mol. The average molecular weight is 772 g/mol. The highest BCUT2D eigenvalue weighted by atomic mass is 16.2. The molecule has 308 valence electrons. The van der Waals surface area contributed by atoms with Crippen molar-refractivity contribution in [2.75, 3.05) is 6.54 Å². The fraction of sp³-hybridized carbons (Fsp3) is 0.641. The molecule has 0 fully saturated rings. The molecule has 0 heterocycles. The van der Waals surface area contributed by atoms with Crippen molar-refractivity contribution in [3.63, 3.8) is 0 Å². The fourth-order valence-corrected chi connectivity index (χ4v) is 5.73. The first-order valence-electron chi connectivity index (χ1n) is 18.9. The lowest BCUT2D eigenvalue weighted by Crippen LogP contribution is -2.60. The van der Waals surface area contributed by atoms with E-state index in [0.717, 1.165) is 5.56 Å². The molecule has 0 aliphatic rings. The molecule has 1 rings (SSSR count). The van der Waals surface area contributed by atoms with Crippen LogP contribution in [0.1, 0.15) is 100.0 Å². The van der Waals surface area contributed by atoms with E-state index < -0.39 is 77.1 Å². The lowest BCUT2D eigenvalue weighted by Gasteiger charge is -2.30. The normalized spacial score (nSPS) is 14.6. The number of nitrogens with one attached hydrogen (secondary N) is 6. The Morgan fingerprint density at radius 3 is 1.65 bits per heavy atom. The van der Waals surface area contributed by atoms with Crippen LogP contribution in [-0.4, -0.2) is 90.5 Å². The molecule has 16 nitrogen and oxygen atoms in total. The van der Waals surface area contributed by atoms with Gasteiger partial charge in [0.2, 0.25) is 35.4 Å². The molecule has 0 aromatic heterocycles. The van der Waals surface area contributed by atoms with Crippen molar-refractivity contribution in [3.05, 3.63) is 35.9 Å². The first-order valence-corrected chi connectivity index (χ1v) is 18.9. The average Bonchev–Trinajstić information content (AvgIpc) is 3.07. The van der Waals surface area contributed by atoms with Crippen molar-refractivity contribution in [3.8, 4) is 0 Å². The summed E-state index contributed by atoms with van der Waals surface area (Å²) >= 11 is 0. The Hall–Kier alpha value is -5.02. The monoisotopic (exact) mass is 772 g/mol. The van der Waals surface area contributed by atoms with E-state index in [-0.39, 0.29) is 56.4 Å². The van der Waals surface area contributed by atoms with Gasteiger partial charge in [0.15, 0.2) is 5.96 Å². The number of nitrogens with zero attached hydrogens (tertiary/aromatic N) is 1. The van der Waals surface area contributed by atoms with Gasteiger partial charge in [0.1, 0.15) is 36.5 Å². The summed E-state index contributed by atoms with van der Waals surface area (Å²) < 4.78 is 0. The highest BCUT2D eigenvalue weighted by Gasteiger charge is 2.34. The van der Waals surface area contributed by atoms with Crippen molar-refractivity contribution in [1.29, 1.82) is 0 Å². The summed E-state index contributed by atoms with van der Waals surface area (Å²) in [6, 6.07) is 3.16. The zero-order valence-corrected chi connectivity index (χ0v) is 34.0. The van der Waals surface area contributed by atoms with Gasteiger partial charge in [-0.05, 0) is 61.8 Å². The third-order valence-corrected chi connectivity index (χ3v) is 8.32. The Morgan fingerprint density at radius 1 is 0.691 bits per heavy atom. The van der Waals surface area contributed by atoms with Crippen molar-refractivity contribution < 1.29 is 33.6 Å². The molecule has 0 saturated carbocycles. The van der Waals surface area contributed by atoms with Gasteiger partial charge in [-0.1, -0.05) is 78.8 Å². The highest BCUT2D eigenvalue weighted by molar-refractivity contribution is 5.96. The van der Waals surface area contributed by atoms with Crippen LogP contribution in [0.3, 0.4) is 0 Å². The molecule has 6 amide bonds. The van der Waals surface area contributed by atoms with E-state index in [0.29, 0.717) is 12.7 Å². The Balaban J connectivity index is 3.18. The molecule has 10 N–H and O–H groups in total. The van der Waals surface area contributed by atoms with Crippen LogP contribution in [0, 0.1) is 17.3 Å². The van der Waals surface area contributed by atoms with E-state index in [4.69, 9.17) is 11.5 Å². The third kappa shape index (κ3) is 20.3. The van der Waals surface area contributed by atoms with Crippen LogP contribution in [-0.2, 0) is 40.0 Å². The molecule has 16 heteroatoms. The van der Waals surface area contributed by atoms with Crippen LogP contribution < -0.4 is 43.4 Å². The molecule has 0 radical (unpaired) electrons. The predicted octanol–water partition coefficient (Wildman–Crippen LogP) is 0.959. The van der Waals surface area contributed by atoms with Crippen LogP contribution in [0.4, 0.5) is 0 Å². The second kappa shape index (κ2) is 23.7. The van der Waals surface area contributed by atoms with Gasteiger partial charge in [-0.15, -0.1) is 0 Å². The Labute approximate surface area is 325 Å². The lowest BCUT2D eigenvalue weighted by atomic mass is 9.87. The molecule has 0 saturated heterocycles. The lowest BCUT2D eigenvalue weighted by molar-refractivity contribution is -0.135. The van der Waals surface area contributed by atoms with Gasteiger partial charge in [-0.2, -0.15) is 0 Å². The molecule has 0 spiro atoms. The maximum atomic E-state index is 13.9. The van der Waals surface area contributed by atoms with Gasteiger partial charge in [0, 0.05) is 19.9 Å². The van der Waals surface area contributed by atoms with E-state index in [1.165, 1.54) is 13.8 Å². The third-order valence-electron chi connectivity index (χ3n) is 8.32. The number of benzene rings is 1. The summed E-state index contributed by atoms with van der Waals surface area (Å²) in [7, 11) is 0. The first-order chi connectivity index (χ1) is 25.6. The minimum Gasteiger partial charge on any atom is -0.370 e. The van der Waals surface area contributed by atoms with Gasteiger partial charge < -0.3 is 48.2 Å². The van der Waals surface area contributed by atoms with Crippen molar-refractivity contribution in [2.45, 2.75) is 137 Å². The summed E-state index contributed by atoms with van der Waals surface area (Å²) in [6.45, 7) is 16.3. The second-order valence-electron chi connectivity index (χ2n) is 16.1. The summed E-state index contributed by atoms with van der Waals surface area (Å²) in [5.74, 6) is -3.51. The van der Waals surface area contributed by atoms with Crippen LogP contribution in [0.2, 0.25) is 0 Å². The van der Waals surface area contributed by atoms with E-state index in [2.05, 4.69) is 36.9 Å². The number of hydrogen-bond donors (Lipinski definition) is 8. The zero-order chi connectivity index (χ0) is 41.9. The number of carbonyl (C=O) groups excluding carboxylic acids is 7. The number of guanidine groups is 1. The van der Waals surface area contributed by atoms with E-state index >= 15 is 0 Å². The van der Waals surface area contributed by atoms with Gasteiger partial charge in [-0.25, -0.2) is 0 Å². The summed E-state index contributed by atoms with van der Waals surface area (Å²) in [5.41, 5.74) is 11.0. The SMILES string of the molecule is CC(=O)N[C@@H](Cc1ccccc1)C(=O)N[C@@H](CC(C)C)C(=O)N[C@@H](CC(C)(C)C)C(=O)N[C@@H](CC(C)C)C(=O)N[C@@H](C)C(=O)N[C@H](C=O)CCCN=C(N)N. The molecular formula is C39H65N9O7. The fourth-order valence-electron chi connectivity index (χ4n) is 5.73. The van der Waals surface area contributed by atoms with Crippen molar-refractivity contribution in [2.24, 2.45) is 33.7 Å². The topological polar surface area (TPSA) is 256 Å². The Morgan fingerprint density at radius 2 is 1.18 bits per heavy atom. The van der Waals surface area contributed by atoms with Crippen LogP contribution in [0.25, 0.3) is 0 Å². The standard InChI is InChI=1S/C39H65N9O7/c1-23(2)18-29(34(52)43-25(5)33(51)45-28(22-49)16-13-17-42-38(40)41)47-37(55)32(21-39(7,8)9)48-35(53)30(19-24(3)4)46-36(54)31(44-26(6)50)20-27-14-11-10-12-15-27/h10-12,14-15,22-25,28-32H,13,16-21H2,1-9H3,(H,43,52)(H,44,50)(H,45,51)(H,46,54)(H,47,55)(H,48,53)(H4,40,41,42)/t25-,28-,29-,30-,31-,32-/m0/s1. The molecule has 0 bridgehead atoms. The summed E-state index contributed by atoms with van der Waals surface area (Å²) in [6.07, 6.45) is 2.19. The maximum Gasteiger partial charge on any atom is 0.243 e. The minimum atomic E-state index is -1.09. The van der Waals surface area contributed by atoms with E-state index in [9.17, 15) is 33.6 Å². The molecule has 0 aliphatic heterocycles. The number of aldehydes is 1. The minimum absolute atomic E-state index is 0.0240. The second-order valence-corrected chi connectivity index (χ2v) is 16.1. The molecule has 1 aromatic rings. The van der Waals surface area contributed by atoms with E-state index in [1.807, 2.05) is 78.8 Å². The maximum absolute atomic E-state index is 13.9. The summed E-state index contributed by atoms with van der Waals surface area (Å²) in [5, 5.41) is 16.3. The Kier molecular flexibility index (Phi) is 20.7. The smallest absolute Gasteiger partial charge is 0.243 e. The van der Waals surface area contributed by atoms with Crippen molar-refractivity contribution in [1.82, 2.24) is 31.9 Å². The number of aliphatic imine (C=N–C) groups is 1.